The molecule has 212 valence electrons. The van der Waals surface area contributed by atoms with Gasteiger partial charge in [0.2, 0.25) is 0 Å². The second kappa shape index (κ2) is 11.0. The molecule has 0 saturated carbocycles. The maximum absolute atomic E-state index is 12.9. The second-order valence-corrected chi connectivity index (χ2v) is 10.0. The van der Waals surface area contributed by atoms with Crippen LogP contribution in [0.4, 0.5) is 23.8 Å². The van der Waals surface area contributed by atoms with Gasteiger partial charge in [0, 0.05) is 23.0 Å². The number of hydrogen-bond donors (Lipinski definition) is 2. The molecule has 0 saturated heterocycles. The van der Waals surface area contributed by atoms with Crippen LogP contribution in [0.5, 0.6) is 0 Å². The van der Waals surface area contributed by atoms with Crippen LogP contribution in [0.25, 0.3) is 28.0 Å². The van der Waals surface area contributed by atoms with Crippen molar-refractivity contribution in [1.82, 2.24) is 24.6 Å². The fourth-order valence-electron chi connectivity index (χ4n) is 3.81. The van der Waals surface area contributed by atoms with Crippen molar-refractivity contribution in [1.29, 1.82) is 5.26 Å². The number of halogens is 4. The first-order valence-corrected chi connectivity index (χ1v) is 12.2. The van der Waals surface area contributed by atoms with E-state index in [9.17, 15) is 28.0 Å². The molecule has 0 aliphatic rings. The normalized spacial score (nSPS) is 11.7. The monoisotopic (exact) mass is 586 g/mol. The van der Waals surface area contributed by atoms with Crippen molar-refractivity contribution in [3.05, 3.63) is 65.1 Å². The Balaban J connectivity index is 1.80. The molecule has 1 aromatic carbocycles. The van der Waals surface area contributed by atoms with Crippen molar-refractivity contribution < 1.29 is 27.6 Å². The van der Waals surface area contributed by atoms with E-state index in [-0.39, 0.29) is 21.7 Å². The lowest BCUT2D eigenvalue weighted by atomic mass is 10.00. The van der Waals surface area contributed by atoms with Gasteiger partial charge >= 0.3 is 18.2 Å². The van der Waals surface area contributed by atoms with Gasteiger partial charge in [0.15, 0.2) is 5.65 Å². The number of aromatic nitrogens is 4. The number of urea groups is 1. The molecule has 4 aromatic rings. The smallest absolute Gasteiger partial charge is 0.328 e. The summed E-state index contributed by atoms with van der Waals surface area (Å²) in [5.74, 6) is -2.69. The second-order valence-electron chi connectivity index (χ2n) is 9.65. The Bertz CT molecular complexity index is 1670. The number of hydrogen-bond acceptors (Lipinski definition) is 8. The van der Waals surface area contributed by atoms with Gasteiger partial charge in [0.25, 0.3) is 0 Å². The maximum Gasteiger partial charge on any atom is 0.493 e. The lowest BCUT2D eigenvalue weighted by molar-refractivity contribution is -0.228. The molecule has 11 nitrogen and oxygen atoms in total. The van der Waals surface area contributed by atoms with Gasteiger partial charge < -0.3 is 10.6 Å². The summed E-state index contributed by atoms with van der Waals surface area (Å²) >= 11 is 6.23. The zero-order valence-corrected chi connectivity index (χ0v) is 22.6. The number of nitrogens with zero attached hydrogens (tertiary/aromatic N) is 6. The third kappa shape index (κ3) is 6.89. The van der Waals surface area contributed by atoms with Gasteiger partial charge in [-0.2, -0.15) is 28.6 Å². The average molecular weight is 587 g/mol. The van der Waals surface area contributed by atoms with E-state index in [2.05, 4.69) is 31.3 Å². The molecule has 2 amide bonds. The third-order valence-corrected chi connectivity index (χ3v) is 5.59. The topological polar surface area (TPSA) is 152 Å². The van der Waals surface area contributed by atoms with Crippen molar-refractivity contribution in [3.63, 3.8) is 0 Å². The Morgan fingerprint density at radius 1 is 1.17 bits per heavy atom. The molecule has 0 bridgehead atoms. The number of pyridine rings is 1. The third-order valence-electron chi connectivity index (χ3n) is 5.40. The summed E-state index contributed by atoms with van der Waals surface area (Å²) in [6, 6.07) is 12.3. The van der Waals surface area contributed by atoms with Crippen LogP contribution < -0.4 is 11.1 Å². The minimum Gasteiger partial charge on any atom is -0.328 e. The summed E-state index contributed by atoms with van der Waals surface area (Å²) in [6.07, 6.45) is -3.88. The number of carbonyl (C=O) groups is 2. The highest BCUT2D eigenvalue weighted by atomic mass is 35.5. The lowest BCUT2D eigenvalue weighted by Gasteiger charge is -2.28. The Morgan fingerprint density at radius 3 is 2.54 bits per heavy atom. The predicted octanol–water partition coefficient (Wildman–Crippen LogP) is 4.88. The number of benzene rings is 1. The van der Waals surface area contributed by atoms with Gasteiger partial charge in [0.05, 0.1) is 23.7 Å². The molecule has 0 aliphatic carbocycles. The number of rotatable bonds is 5. The summed E-state index contributed by atoms with van der Waals surface area (Å²) in [6.45, 7) is 4.05. The fraction of sp³-hybridized carbons (Fsp3) is 0.231. The van der Waals surface area contributed by atoms with Gasteiger partial charge in [-0.1, -0.05) is 23.7 Å². The molecule has 0 fully saturated rings. The summed E-state index contributed by atoms with van der Waals surface area (Å²) in [7, 11) is 0. The zero-order valence-electron chi connectivity index (χ0n) is 21.8. The number of amides is 2. The first-order valence-electron chi connectivity index (χ1n) is 11.9. The van der Waals surface area contributed by atoms with Crippen molar-refractivity contribution in [3.8, 4) is 28.5 Å². The fourth-order valence-corrected chi connectivity index (χ4v) is 4.07. The van der Waals surface area contributed by atoms with Crippen LogP contribution in [-0.4, -0.2) is 54.9 Å². The molecule has 0 aliphatic heterocycles. The minimum absolute atomic E-state index is 0.0965. The molecule has 3 aromatic heterocycles. The molecular formula is C26H22ClF3N8O3. The zero-order chi connectivity index (χ0) is 30.1. The molecule has 4 rings (SSSR count). The van der Waals surface area contributed by atoms with Crippen LogP contribution in [0.15, 0.2) is 48.7 Å². The Morgan fingerprint density at radius 2 is 1.90 bits per heavy atom. The van der Waals surface area contributed by atoms with Crippen molar-refractivity contribution in [2.24, 2.45) is 5.73 Å². The highest BCUT2D eigenvalue weighted by Crippen LogP contribution is 2.36. The van der Waals surface area contributed by atoms with E-state index in [1.165, 1.54) is 30.6 Å². The van der Waals surface area contributed by atoms with Crippen LogP contribution in [-0.2, 0) is 9.63 Å². The maximum atomic E-state index is 12.9. The number of nitrogens with one attached hydrogen (secondary N) is 1. The van der Waals surface area contributed by atoms with Crippen LogP contribution in [0.2, 0.25) is 5.15 Å². The van der Waals surface area contributed by atoms with Gasteiger partial charge in [-0.25, -0.2) is 24.1 Å². The first kappa shape index (κ1) is 29.2. The van der Waals surface area contributed by atoms with Crippen molar-refractivity contribution in [2.75, 3.05) is 11.9 Å². The molecule has 41 heavy (non-hydrogen) atoms. The lowest BCUT2D eigenvalue weighted by Crippen LogP contribution is -2.50. The van der Waals surface area contributed by atoms with E-state index in [1.807, 2.05) is 0 Å². The minimum atomic E-state index is -5.34. The SMILES string of the molecule is Cc1cc(-c2c(-c3cccc(C#N)c3)nn3ccc(NC(=O)N(CC(C)(C)N)OC(=O)C(F)(F)F)nc23)cc(Cl)n1. The molecule has 3 heterocycles. The first-order chi connectivity index (χ1) is 19.1. The molecule has 0 atom stereocenters. The van der Waals surface area contributed by atoms with E-state index in [0.29, 0.717) is 33.6 Å². The van der Waals surface area contributed by atoms with Crippen LogP contribution in [0.1, 0.15) is 25.1 Å². The van der Waals surface area contributed by atoms with E-state index in [0.717, 1.165) is 0 Å². The summed E-state index contributed by atoms with van der Waals surface area (Å²) in [5.41, 5.74) is 7.95. The Labute approximate surface area is 236 Å². The van der Waals surface area contributed by atoms with Gasteiger partial charge in [0.1, 0.15) is 16.7 Å². The van der Waals surface area contributed by atoms with Crippen LogP contribution in [0, 0.1) is 18.3 Å². The number of nitrogens with two attached hydrogens (primary N) is 1. The number of alkyl halides is 3. The predicted molar refractivity (Wildman–Crippen MR) is 142 cm³/mol. The number of anilines is 1. The molecule has 3 N–H and O–H groups in total. The largest absolute Gasteiger partial charge is 0.493 e. The number of nitriles is 1. The van der Waals surface area contributed by atoms with Gasteiger partial charge in [-0.3, -0.25) is 5.32 Å². The standard InChI is InChI=1S/C26H22ClF3N8O3/c1-14-9-17(11-18(27)33-14)20-21(16-6-4-5-15(10-16)12-31)36-37-8-7-19(34-22(20)37)35-24(40)38(13-25(2,3)32)41-23(39)26(28,29)30/h4-11H,13,32H2,1-3H3,(H,34,35,40). The molecule has 0 spiro atoms. The number of aryl methyl sites for hydroxylation is 1. The highest BCUT2D eigenvalue weighted by molar-refractivity contribution is 6.29. The summed E-state index contributed by atoms with van der Waals surface area (Å²) < 4.78 is 39.9. The van der Waals surface area contributed by atoms with Crippen LogP contribution >= 0.6 is 11.6 Å². The van der Waals surface area contributed by atoms with E-state index < -0.39 is 30.3 Å². The highest BCUT2D eigenvalue weighted by Gasteiger charge is 2.44. The quantitative estimate of drug-likeness (QED) is 0.248. The van der Waals surface area contributed by atoms with Crippen molar-refractivity contribution >= 4 is 35.1 Å². The number of fused-ring (bicyclic) bond motifs is 1. The summed E-state index contributed by atoms with van der Waals surface area (Å²) in [4.78, 5) is 37.3. The van der Waals surface area contributed by atoms with E-state index >= 15 is 0 Å². The molecule has 0 unspecified atom stereocenters. The van der Waals surface area contributed by atoms with Crippen LogP contribution in [0.3, 0.4) is 0 Å². The number of hydroxylamine groups is 2. The molecule has 15 heteroatoms. The van der Waals surface area contributed by atoms with E-state index in [1.54, 1.807) is 43.3 Å². The summed E-state index contributed by atoms with van der Waals surface area (Å²) in [5, 5.41) is 16.7. The van der Waals surface area contributed by atoms with E-state index in [4.69, 9.17) is 17.3 Å². The van der Waals surface area contributed by atoms with Gasteiger partial charge in [-0.05, 0) is 56.7 Å². The Hall–Kier alpha value is -4.74. The molecule has 0 radical (unpaired) electrons. The molecular weight excluding hydrogens is 565 g/mol. The number of carbonyl (C=O) groups excluding carboxylic acids is 2. The Kier molecular flexibility index (Phi) is 7.87. The average Bonchev–Trinajstić information content (AvgIpc) is 3.25. The van der Waals surface area contributed by atoms with Gasteiger partial charge in [-0.15, -0.1) is 0 Å². The van der Waals surface area contributed by atoms with Crippen molar-refractivity contribution in [2.45, 2.75) is 32.5 Å².